The van der Waals surface area contributed by atoms with Crippen molar-refractivity contribution in [3.8, 4) is 17.1 Å². The number of thioether (sulfide) groups is 1. The lowest BCUT2D eigenvalue weighted by Gasteiger charge is -2.22. The molecule has 1 aliphatic heterocycles. The van der Waals surface area contributed by atoms with Crippen molar-refractivity contribution in [2.75, 3.05) is 16.0 Å². The van der Waals surface area contributed by atoms with Crippen LogP contribution in [0.3, 0.4) is 0 Å². The average molecular weight is 593 g/mol. The summed E-state index contributed by atoms with van der Waals surface area (Å²) >= 11 is 1.21. The smallest absolute Gasteiger partial charge is 0.306 e. The number of benzene rings is 3. The first kappa shape index (κ1) is 29.1. The van der Waals surface area contributed by atoms with Gasteiger partial charge < -0.3 is 5.32 Å². The van der Waals surface area contributed by atoms with Crippen molar-refractivity contribution in [2.24, 2.45) is 4.99 Å². The van der Waals surface area contributed by atoms with Crippen LogP contribution in [0.1, 0.15) is 42.0 Å². The van der Waals surface area contributed by atoms with Gasteiger partial charge in [-0.3, -0.25) is 9.69 Å². The first-order valence-corrected chi connectivity index (χ1v) is 14.1. The number of hydrogen-bond acceptors (Lipinski definition) is 5. The molecule has 1 aliphatic rings. The van der Waals surface area contributed by atoms with E-state index >= 15 is 0 Å². The third kappa shape index (κ3) is 6.08. The molecule has 216 valence electrons. The van der Waals surface area contributed by atoms with Crippen molar-refractivity contribution in [2.45, 2.75) is 39.8 Å². The number of aryl methyl sites for hydroxylation is 2. The minimum Gasteiger partial charge on any atom is -0.306 e. The first-order chi connectivity index (χ1) is 19.9. The Hall–Kier alpha value is -4.45. The van der Waals surface area contributed by atoms with E-state index in [9.17, 15) is 22.8 Å². The molecule has 1 fully saturated rings. The number of rotatable bonds is 5. The van der Waals surface area contributed by atoms with Crippen LogP contribution < -0.4 is 10.2 Å². The lowest BCUT2D eigenvalue weighted by Crippen LogP contribution is -2.31. The highest BCUT2D eigenvalue weighted by atomic mass is 32.2. The summed E-state index contributed by atoms with van der Waals surface area (Å²) in [4.78, 5) is 35.7. The van der Waals surface area contributed by atoms with E-state index in [0.717, 1.165) is 34.5 Å². The number of aromatic nitrogens is 3. The van der Waals surface area contributed by atoms with Gasteiger partial charge in [0, 0.05) is 11.3 Å². The highest BCUT2D eigenvalue weighted by molar-refractivity contribution is 8.15. The fraction of sp³-hybridized carbons (Fsp3) is 0.233. The first-order valence-electron chi connectivity index (χ1n) is 13.1. The van der Waals surface area contributed by atoms with Crippen molar-refractivity contribution in [3.63, 3.8) is 0 Å². The average Bonchev–Trinajstić information content (AvgIpc) is 3.55. The minimum atomic E-state index is -4.42. The highest BCUT2D eigenvalue weighted by Crippen LogP contribution is 2.34. The quantitative estimate of drug-likeness (QED) is 0.261. The van der Waals surface area contributed by atoms with Crippen molar-refractivity contribution in [3.05, 3.63) is 89.2 Å². The van der Waals surface area contributed by atoms with Gasteiger partial charge in [0.25, 0.3) is 0 Å². The topological polar surface area (TPSA) is 92.5 Å². The van der Waals surface area contributed by atoms with E-state index in [2.05, 4.69) is 20.4 Å². The van der Waals surface area contributed by atoms with Crippen molar-refractivity contribution in [1.29, 1.82) is 0 Å². The van der Waals surface area contributed by atoms with Gasteiger partial charge in [-0.15, -0.1) is 5.10 Å². The summed E-state index contributed by atoms with van der Waals surface area (Å²) in [5.74, 6) is 0.604. The molecule has 0 spiro atoms. The van der Waals surface area contributed by atoms with E-state index in [1.165, 1.54) is 39.8 Å². The molecule has 4 aromatic rings. The van der Waals surface area contributed by atoms with Gasteiger partial charge in [0.15, 0.2) is 11.0 Å². The second kappa shape index (κ2) is 11.4. The third-order valence-electron chi connectivity index (χ3n) is 6.68. The Labute approximate surface area is 244 Å². The normalized spacial score (nSPS) is 14.7. The predicted octanol–water partition coefficient (Wildman–Crippen LogP) is 7.36. The van der Waals surface area contributed by atoms with Crippen LogP contribution in [-0.4, -0.2) is 37.6 Å². The fourth-order valence-electron chi connectivity index (χ4n) is 4.56. The standard InChI is InChI=1S/C30H27F3N6O2S/c1-17(2)23-11-5-18(3)13-25(23)39-26(40)15-42-29(39)36-28(41)35-21-8-12-24(19(4)14-21)27-34-16-38(37-27)22-9-6-20(7-10-22)30(31,32)33/h5-14,16-17H,15H2,1-4H3,(H,35,41). The Balaban J connectivity index is 1.33. The van der Waals surface area contributed by atoms with Gasteiger partial charge in [0.05, 0.1) is 22.7 Å². The third-order valence-corrected chi connectivity index (χ3v) is 7.60. The maximum Gasteiger partial charge on any atom is 0.416 e. The van der Waals surface area contributed by atoms with E-state index in [4.69, 9.17) is 0 Å². The molecule has 0 radical (unpaired) electrons. The molecule has 3 amide bonds. The molecule has 0 atom stereocenters. The number of carbonyl (C=O) groups excluding carboxylic acids is 2. The van der Waals surface area contributed by atoms with E-state index < -0.39 is 17.8 Å². The second-order valence-electron chi connectivity index (χ2n) is 10.1. The molecular formula is C30H27F3N6O2S. The number of amides is 3. The molecule has 0 bridgehead atoms. The summed E-state index contributed by atoms with van der Waals surface area (Å²) in [6.07, 6.45) is -2.99. The van der Waals surface area contributed by atoms with Gasteiger partial charge in [0.2, 0.25) is 5.91 Å². The van der Waals surface area contributed by atoms with Gasteiger partial charge in [-0.1, -0.05) is 37.7 Å². The summed E-state index contributed by atoms with van der Waals surface area (Å²) in [6.45, 7) is 7.87. The zero-order valence-corrected chi connectivity index (χ0v) is 24.0. The number of alkyl halides is 3. The predicted molar refractivity (Wildman–Crippen MR) is 158 cm³/mol. The number of carbonyl (C=O) groups is 2. The number of urea groups is 1. The van der Waals surface area contributed by atoms with Gasteiger partial charge in [0.1, 0.15) is 6.33 Å². The van der Waals surface area contributed by atoms with Crippen LogP contribution in [0.2, 0.25) is 0 Å². The van der Waals surface area contributed by atoms with Gasteiger partial charge in [-0.2, -0.15) is 18.2 Å². The van der Waals surface area contributed by atoms with E-state index in [1.807, 2.05) is 45.9 Å². The van der Waals surface area contributed by atoms with Crippen LogP contribution in [0.15, 0.2) is 72.0 Å². The Bertz CT molecular complexity index is 1700. The largest absolute Gasteiger partial charge is 0.416 e. The molecule has 0 saturated carbocycles. The van der Waals surface area contributed by atoms with Crippen LogP contribution in [0.5, 0.6) is 0 Å². The number of aliphatic imine (C=N–C) groups is 1. The molecule has 1 saturated heterocycles. The minimum absolute atomic E-state index is 0.137. The maximum atomic E-state index is 12.9. The zero-order valence-electron chi connectivity index (χ0n) is 23.2. The maximum absolute atomic E-state index is 12.9. The summed E-state index contributed by atoms with van der Waals surface area (Å²) in [6, 6.07) is 15.1. The van der Waals surface area contributed by atoms with Gasteiger partial charge >= 0.3 is 12.2 Å². The van der Waals surface area contributed by atoms with Crippen LogP contribution >= 0.6 is 11.8 Å². The highest BCUT2D eigenvalue weighted by Gasteiger charge is 2.33. The van der Waals surface area contributed by atoms with Crippen LogP contribution in [0, 0.1) is 13.8 Å². The van der Waals surface area contributed by atoms with Crippen LogP contribution in [0.25, 0.3) is 17.1 Å². The van der Waals surface area contributed by atoms with Crippen molar-refractivity contribution >= 4 is 40.2 Å². The molecule has 3 aromatic carbocycles. The van der Waals surface area contributed by atoms with Crippen molar-refractivity contribution < 1.29 is 22.8 Å². The molecule has 12 heteroatoms. The molecule has 1 N–H and O–H groups in total. The van der Waals surface area contributed by atoms with E-state index in [-0.39, 0.29) is 17.6 Å². The molecule has 8 nitrogen and oxygen atoms in total. The number of anilines is 2. The Morgan fingerprint density at radius 2 is 1.79 bits per heavy atom. The number of halogens is 3. The Morgan fingerprint density at radius 1 is 1.05 bits per heavy atom. The second-order valence-corrected chi connectivity index (χ2v) is 11.1. The molecule has 0 unspecified atom stereocenters. The molecule has 5 rings (SSSR count). The Morgan fingerprint density at radius 3 is 2.45 bits per heavy atom. The van der Waals surface area contributed by atoms with Gasteiger partial charge in [-0.25, -0.2) is 14.5 Å². The lowest BCUT2D eigenvalue weighted by atomic mass is 9.99. The van der Waals surface area contributed by atoms with Crippen LogP contribution in [0.4, 0.5) is 29.3 Å². The number of nitrogens with one attached hydrogen (secondary N) is 1. The Kier molecular flexibility index (Phi) is 7.91. The van der Waals surface area contributed by atoms with E-state index in [0.29, 0.717) is 27.9 Å². The number of hydrogen-bond donors (Lipinski definition) is 1. The summed E-state index contributed by atoms with van der Waals surface area (Å²) < 4.78 is 40.0. The van der Waals surface area contributed by atoms with E-state index in [1.54, 1.807) is 18.2 Å². The van der Waals surface area contributed by atoms with Crippen molar-refractivity contribution in [1.82, 2.24) is 14.8 Å². The molecule has 42 heavy (non-hydrogen) atoms. The molecule has 1 aromatic heterocycles. The number of nitrogens with zero attached hydrogens (tertiary/aromatic N) is 5. The molecular weight excluding hydrogens is 565 g/mol. The summed E-state index contributed by atoms with van der Waals surface area (Å²) in [5.41, 5.74) is 4.36. The SMILES string of the molecule is Cc1ccc(C(C)C)c(N2C(=O)CSC2=NC(=O)Nc2ccc(-c3ncn(-c4ccc(C(F)(F)F)cc4)n3)c(C)c2)c1. The fourth-order valence-corrected chi connectivity index (χ4v) is 5.42. The monoisotopic (exact) mass is 592 g/mol. The zero-order chi connectivity index (χ0) is 30.2. The number of amidine groups is 1. The lowest BCUT2D eigenvalue weighted by molar-refractivity contribution is -0.137. The molecule has 2 heterocycles. The summed E-state index contributed by atoms with van der Waals surface area (Å²) in [5, 5.41) is 7.48. The molecule has 0 aliphatic carbocycles. The van der Waals surface area contributed by atoms with Gasteiger partial charge in [-0.05, 0) is 85.0 Å². The van der Waals surface area contributed by atoms with Crippen LogP contribution in [-0.2, 0) is 11.0 Å². The summed E-state index contributed by atoms with van der Waals surface area (Å²) in [7, 11) is 0.